The minimum Gasteiger partial charge on any atom is -0.363 e. The standard InChI is InChI=1S/C18H19FN4O4S/c1-18(19,28(25,26)15-4-2-13(12-20)3-5-15)14-6-9-23(10-7-14)17(24)21-16-8-11-27-22-16/h2-5,8,11,14H,6-7,9-10H2,1H3,(H,21,22,24). The quantitative estimate of drug-likeness (QED) is 0.834. The lowest BCUT2D eigenvalue weighted by Crippen LogP contribution is -2.48. The number of halogens is 1. The van der Waals surface area contributed by atoms with Crippen LogP contribution in [0.3, 0.4) is 0 Å². The van der Waals surface area contributed by atoms with Gasteiger partial charge in [-0.25, -0.2) is 17.6 Å². The third-order valence-electron chi connectivity index (χ3n) is 5.00. The molecule has 1 aliphatic heterocycles. The van der Waals surface area contributed by atoms with E-state index in [4.69, 9.17) is 5.26 Å². The van der Waals surface area contributed by atoms with Crippen LogP contribution in [0.1, 0.15) is 25.3 Å². The Kier molecular flexibility index (Phi) is 5.38. The minimum absolute atomic E-state index is 0.164. The van der Waals surface area contributed by atoms with Crippen molar-refractivity contribution in [2.75, 3.05) is 18.4 Å². The molecule has 1 aliphatic rings. The number of hydrogen-bond acceptors (Lipinski definition) is 6. The summed E-state index contributed by atoms with van der Waals surface area (Å²) in [7, 11) is -4.26. The van der Waals surface area contributed by atoms with E-state index in [2.05, 4.69) is 15.0 Å². The van der Waals surface area contributed by atoms with Crippen molar-refractivity contribution in [2.24, 2.45) is 5.92 Å². The summed E-state index contributed by atoms with van der Waals surface area (Å²) < 4.78 is 45.7. The Balaban J connectivity index is 1.68. The van der Waals surface area contributed by atoms with Crippen LogP contribution in [-0.4, -0.2) is 42.6 Å². The van der Waals surface area contributed by atoms with E-state index in [1.165, 1.54) is 41.5 Å². The lowest BCUT2D eigenvalue weighted by molar-refractivity contribution is 0.117. The molecule has 1 atom stereocenters. The molecule has 0 aliphatic carbocycles. The second kappa shape index (κ2) is 7.59. The third kappa shape index (κ3) is 3.71. The van der Waals surface area contributed by atoms with Gasteiger partial charge in [0.2, 0.25) is 14.8 Å². The van der Waals surface area contributed by atoms with Gasteiger partial charge in [-0.05, 0) is 44.0 Å². The molecule has 1 unspecified atom stereocenters. The average Bonchev–Trinajstić information content (AvgIpc) is 3.21. The number of carbonyl (C=O) groups excluding carboxylic acids is 1. The summed E-state index contributed by atoms with van der Waals surface area (Å²) in [6.45, 7) is 1.50. The van der Waals surface area contributed by atoms with E-state index in [0.717, 1.165) is 6.92 Å². The van der Waals surface area contributed by atoms with Gasteiger partial charge in [0, 0.05) is 25.1 Å². The fourth-order valence-electron chi connectivity index (χ4n) is 3.22. The summed E-state index contributed by atoms with van der Waals surface area (Å²) in [6.07, 6.45) is 1.73. The molecule has 1 N–H and O–H groups in total. The first-order valence-corrected chi connectivity index (χ1v) is 10.1. The molecule has 3 rings (SSSR count). The number of anilines is 1. The number of hydrogen-bond donors (Lipinski definition) is 1. The van der Waals surface area contributed by atoms with Crippen molar-refractivity contribution in [3.8, 4) is 6.07 Å². The number of nitrogens with zero attached hydrogens (tertiary/aromatic N) is 3. The van der Waals surface area contributed by atoms with Crippen LogP contribution in [0.25, 0.3) is 0 Å². The van der Waals surface area contributed by atoms with Gasteiger partial charge in [0.1, 0.15) is 6.26 Å². The number of alkyl halides is 1. The minimum atomic E-state index is -4.26. The van der Waals surface area contributed by atoms with Gasteiger partial charge >= 0.3 is 6.03 Å². The third-order valence-corrected chi connectivity index (χ3v) is 7.28. The Bertz CT molecular complexity index is 974. The smallest absolute Gasteiger partial charge is 0.323 e. The van der Waals surface area contributed by atoms with Gasteiger partial charge in [0.05, 0.1) is 16.5 Å². The van der Waals surface area contributed by atoms with E-state index < -0.39 is 26.8 Å². The number of carbonyl (C=O) groups is 1. The Morgan fingerprint density at radius 3 is 2.50 bits per heavy atom. The zero-order valence-electron chi connectivity index (χ0n) is 15.1. The summed E-state index contributed by atoms with van der Waals surface area (Å²) in [5, 5.41) is 12.5. The predicted octanol–water partition coefficient (Wildman–Crippen LogP) is 2.95. The van der Waals surface area contributed by atoms with Gasteiger partial charge in [-0.15, -0.1) is 0 Å². The van der Waals surface area contributed by atoms with Crippen molar-refractivity contribution in [2.45, 2.75) is 29.7 Å². The average molecular weight is 406 g/mol. The maximum Gasteiger partial charge on any atom is 0.323 e. The lowest BCUT2D eigenvalue weighted by atomic mass is 9.92. The Hall–Kier alpha value is -2.93. The van der Waals surface area contributed by atoms with Crippen molar-refractivity contribution in [3.63, 3.8) is 0 Å². The van der Waals surface area contributed by atoms with Gasteiger partial charge < -0.3 is 9.42 Å². The molecule has 0 radical (unpaired) electrons. The topological polar surface area (TPSA) is 116 Å². The maximum absolute atomic E-state index is 15.5. The van der Waals surface area contributed by atoms with E-state index in [1.807, 2.05) is 6.07 Å². The van der Waals surface area contributed by atoms with Gasteiger partial charge in [-0.1, -0.05) is 5.16 Å². The molecular formula is C18H19FN4O4S. The molecule has 1 aromatic heterocycles. The predicted molar refractivity (Wildman–Crippen MR) is 97.7 cm³/mol. The van der Waals surface area contributed by atoms with E-state index in [1.54, 1.807) is 0 Å². The van der Waals surface area contributed by atoms with Gasteiger partial charge in [-0.2, -0.15) is 5.26 Å². The molecule has 2 aromatic rings. The molecule has 2 heterocycles. The molecule has 1 aromatic carbocycles. The normalized spacial score (nSPS) is 17.5. The van der Waals surface area contributed by atoms with Crippen molar-refractivity contribution in [1.29, 1.82) is 5.26 Å². The Morgan fingerprint density at radius 1 is 1.32 bits per heavy atom. The second-order valence-corrected chi connectivity index (χ2v) is 8.98. The lowest BCUT2D eigenvalue weighted by Gasteiger charge is -2.37. The van der Waals surface area contributed by atoms with Crippen LogP contribution in [0, 0.1) is 17.2 Å². The highest BCUT2D eigenvalue weighted by Crippen LogP contribution is 2.39. The number of rotatable bonds is 4. The van der Waals surface area contributed by atoms with Crippen molar-refractivity contribution in [3.05, 3.63) is 42.2 Å². The molecule has 0 spiro atoms. The number of amides is 2. The van der Waals surface area contributed by atoms with E-state index in [-0.39, 0.29) is 36.6 Å². The summed E-state index contributed by atoms with van der Waals surface area (Å²) in [5.41, 5.74) is 0.297. The molecule has 148 valence electrons. The number of nitrogens with one attached hydrogen (secondary N) is 1. The number of aromatic nitrogens is 1. The SMILES string of the molecule is CC(F)(C1CCN(C(=O)Nc2ccon2)CC1)S(=O)(=O)c1ccc(C#N)cc1. The summed E-state index contributed by atoms with van der Waals surface area (Å²) in [5.74, 6) is -0.491. The fraction of sp³-hybridized carbons (Fsp3) is 0.389. The number of nitriles is 1. The fourth-order valence-corrected chi connectivity index (χ4v) is 4.85. The van der Waals surface area contributed by atoms with E-state index in [9.17, 15) is 13.2 Å². The van der Waals surface area contributed by atoms with E-state index in [0.29, 0.717) is 5.56 Å². The van der Waals surface area contributed by atoms with Crippen LogP contribution in [0.15, 0.2) is 46.0 Å². The monoisotopic (exact) mass is 406 g/mol. The van der Waals surface area contributed by atoms with Gasteiger partial charge in [0.15, 0.2) is 5.82 Å². The van der Waals surface area contributed by atoms with Crippen LogP contribution >= 0.6 is 0 Å². The second-order valence-electron chi connectivity index (χ2n) is 6.70. The molecule has 28 heavy (non-hydrogen) atoms. The summed E-state index contributed by atoms with van der Waals surface area (Å²) >= 11 is 0. The summed E-state index contributed by atoms with van der Waals surface area (Å²) in [6, 6.07) is 8.17. The number of likely N-dealkylation sites (tertiary alicyclic amines) is 1. The first-order valence-electron chi connectivity index (χ1n) is 8.65. The number of sulfone groups is 1. The first kappa shape index (κ1) is 19.8. The molecule has 0 bridgehead atoms. The molecular weight excluding hydrogens is 387 g/mol. The van der Waals surface area contributed by atoms with Crippen LogP contribution in [0.5, 0.6) is 0 Å². The van der Waals surface area contributed by atoms with Crippen LogP contribution in [-0.2, 0) is 9.84 Å². The first-order chi connectivity index (χ1) is 13.3. The van der Waals surface area contributed by atoms with Crippen LogP contribution in [0.2, 0.25) is 0 Å². The van der Waals surface area contributed by atoms with Crippen molar-refractivity contribution in [1.82, 2.24) is 10.1 Å². The molecule has 0 saturated carbocycles. The molecule has 1 saturated heterocycles. The zero-order valence-corrected chi connectivity index (χ0v) is 15.9. The number of urea groups is 1. The van der Waals surface area contributed by atoms with E-state index >= 15 is 4.39 Å². The largest absolute Gasteiger partial charge is 0.363 e. The van der Waals surface area contributed by atoms with Crippen LogP contribution in [0.4, 0.5) is 15.0 Å². The molecule has 8 nitrogen and oxygen atoms in total. The zero-order chi connectivity index (χ0) is 20.4. The Labute approximate surface area is 161 Å². The van der Waals surface area contributed by atoms with Crippen molar-refractivity contribution >= 4 is 21.7 Å². The molecule has 1 fully saturated rings. The van der Waals surface area contributed by atoms with Crippen molar-refractivity contribution < 1.29 is 22.1 Å². The van der Waals surface area contributed by atoms with Gasteiger partial charge in [0.25, 0.3) is 0 Å². The molecule has 10 heteroatoms. The maximum atomic E-state index is 15.5. The highest BCUT2D eigenvalue weighted by atomic mass is 32.2. The Morgan fingerprint density at radius 2 is 1.96 bits per heavy atom. The number of piperidine rings is 1. The molecule has 2 amide bonds. The van der Waals surface area contributed by atoms with Gasteiger partial charge in [-0.3, -0.25) is 5.32 Å². The summed E-state index contributed by atoms with van der Waals surface area (Å²) in [4.78, 5) is 13.5. The number of benzene rings is 1. The highest BCUT2D eigenvalue weighted by molar-refractivity contribution is 7.92. The highest BCUT2D eigenvalue weighted by Gasteiger charge is 2.48. The van der Waals surface area contributed by atoms with Crippen LogP contribution < -0.4 is 5.32 Å².